The molecule has 3 aliphatic heterocycles. The van der Waals surface area contributed by atoms with Gasteiger partial charge >= 0.3 is 0 Å². The van der Waals surface area contributed by atoms with Crippen LogP contribution in [0.4, 0.5) is 5.69 Å². The van der Waals surface area contributed by atoms with E-state index < -0.39 is 17.3 Å². The number of aliphatic hydroxyl groups is 2. The minimum atomic E-state index is -0.971. The molecule has 0 amide bonds. The Kier molecular flexibility index (Phi) is 5.92. The van der Waals surface area contributed by atoms with Crippen molar-refractivity contribution >= 4 is 11.5 Å². The smallest absolute Gasteiger partial charge is 0.169 e. The van der Waals surface area contributed by atoms with Crippen molar-refractivity contribution in [1.29, 1.82) is 0 Å². The number of Topliss-reactive ketones (excluding diaryl/α,β-unsaturated/α-hetero) is 1. The van der Waals surface area contributed by atoms with Crippen LogP contribution in [0.15, 0.2) is 12.1 Å². The number of carbonyl (C=O) groups is 1. The van der Waals surface area contributed by atoms with Crippen LogP contribution in [-0.4, -0.2) is 57.2 Å². The minimum Gasteiger partial charge on any atom is -0.392 e. The Balaban J connectivity index is 1.16. The molecule has 0 spiro atoms. The Bertz CT molecular complexity index is 1430. The van der Waals surface area contributed by atoms with Gasteiger partial charge in [0, 0.05) is 41.0 Å². The Morgan fingerprint density at radius 1 is 0.977 bits per heavy atom. The molecule has 0 aromatic heterocycles. The van der Waals surface area contributed by atoms with Crippen LogP contribution in [0, 0.1) is 39.9 Å². The molecule has 3 heterocycles. The number of carbonyl (C=O) groups excluding carboxylic acids is 1. The van der Waals surface area contributed by atoms with Gasteiger partial charge in [0.1, 0.15) is 0 Å². The highest BCUT2D eigenvalue weighted by Crippen LogP contribution is 2.75. The fourth-order valence-electron chi connectivity index (χ4n) is 13.2. The van der Waals surface area contributed by atoms with Crippen molar-refractivity contribution in [2.75, 3.05) is 5.32 Å². The van der Waals surface area contributed by atoms with Crippen LogP contribution < -0.4 is 5.32 Å². The average Bonchev–Trinajstić information content (AvgIpc) is 3.48. The number of hydrogen-bond acceptors (Lipinski definition) is 6. The van der Waals surface area contributed by atoms with Gasteiger partial charge in [0.05, 0.1) is 41.0 Å². The Morgan fingerprint density at radius 2 is 1.70 bits per heavy atom. The van der Waals surface area contributed by atoms with E-state index in [1.807, 2.05) is 13.8 Å². The monoisotopic (exact) mass is 605 g/mol. The van der Waals surface area contributed by atoms with Crippen LogP contribution in [-0.2, 0) is 15.9 Å². The Hall–Kier alpha value is -1.47. The Morgan fingerprint density at radius 3 is 2.41 bits per heavy atom. The molecule has 12 unspecified atom stereocenters. The molecule has 8 rings (SSSR count). The summed E-state index contributed by atoms with van der Waals surface area (Å²) in [4.78, 5) is 14.2. The molecule has 44 heavy (non-hydrogen) atoms. The summed E-state index contributed by atoms with van der Waals surface area (Å²) >= 11 is 0. The molecule has 3 saturated carbocycles. The fourth-order valence-corrected chi connectivity index (χ4v) is 13.2. The quantitative estimate of drug-likeness (QED) is 0.332. The predicted octanol–water partition coefficient (Wildman–Crippen LogP) is 6.65. The normalized spacial score (nSPS) is 49.5. The highest BCUT2D eigenvalue weighted by atomic mass is 16.5. The van der Waals surface area contributed by atoms with Crippen molar-refractivity contribution in [2.24, 2.45) is 39.9 Å². The van der Waals surface area contributed by atoms with Gasteiger partial charge in [0.25, 0.3) is 0 Å². The summed E-state index contributed by atoms with van der Waals surface area (Å²) < 4.78 is 13.2. The number of hydrogen-bond donors (Lipinski definition) is 3. The maximum Gasteiger partial charge on any atom is 0.169 e. The van der Waals surface area contributed by atoms with E-state index in [9.17, 15) is 15.0 Å². The minimum absolute atomic E-state index is 0.0355. The highest BCUT2D eigenvalue weighted by Gasteiger charge is 2.72. The lowest BCUT2D eigenvalue weighted by atomic mass is 9.39. The highest BCUT2D eigenvalue weighted by molar-refractivity contribution is 6.02. The predicted molar refractivity (Wildman–Crippen MR) is 171 cm³/mol. The van der Waals surface area contributed by atoms with Gasteiger partial charge in [-0.15, -0.1) is 0 Å². The standard InChI is InChI=1S/C38H55NO5/c1-33(2,42)28-18-26(40)37(8)25-13-10-19-16-22-29-21-17-23-30(35(5,6)44-34(23,3)4)31(41)20(21)11-12-24(29)39-32(22)38(19,9)36(25,7)15-14-27(37)43-28/h11-12,19,22-23,25-28,30,32,39-40,42H,10,13-18H2,1-9H3. The van der Waals surface area contributed by atoms with Gasteiger partial charge in [0.15, 0.2) is 5.78 Å². The number of aliphatic hydroxyl groups excluding tert-OH is 1. The number of anilines is 1. The van der Waals surface area contributed by atoms with Crippen molar-refractivity contribution in [3.63, 3.8) is 0 Å². The third kappa shape index (κ3) is 3.45. The van der Waals surface area contributed by atoms with Crippen molar-refractivity contribution in [3.8, 4) is 0 Å². The van der Waals surface area contributed by atoms with E-state index in [-0.39, 0.29) is 51.7 Å². The van der Waals surface area contributed by atoms with Gasteiger partial charge in [-0.05, 0) is 126 Å². The van der Waals surface area contributed by atoms with E-state index in [2.05, 4.69) is 65.9 Å². The average molecular weight is 606 g/mol. The summed E-state index contributed by atoms with van der Waals surface area (Å²) in [7, 11) is 0. The van der Waals surface area contributed by atoms with E-state index in [1.165, 1.54) is 23.2 Å². The van der Waals surface area contributed by atoms with Gasteiger partial charge in [-0.3, -0.25) is 4.79 Å². The molecular formula is C38H55NO5. The molecule has 1 aromatic carbocycles. The lowest BCUT2D eigenvalue weighted by Crippen LogP contribution is -2.69. The van der Waals surface area contributed by atoms with Gasteiger partial charge < -0.3 is 25.0 Å². The topological polar surface area (TPSA) is 88.0 Å². The molecule has 242 valence electrons. The van der Waals surface area contributed by atoms with Crippen LogP contribution in [0.25, 0.3) is 0 Å². The number of ether oxygens (including phenoxy) is 2. The molecule has 12 atom stereocenters. The summed E-state index contributed by atoms with van der Waals surface area (Å²) in [6.45, 7) is 19.6. The zero-order valence-electron chi connectivity index (χ0n) is 28.4. The first-order chi connectivity index (χ1) is 20.4. The van der Waals surface area contributed by atoms with Crippen molar-refractivity contribution < 1.29 is 24.5 Å². The van der Waals surface area contributed by atoms with Gasteiger partial charge in [-0.2, -0.15) is 0 Å². The number of ketones is 1. The maximum atomic E-state index is 14.2. The molecule has 4 aliphatic carbocycles. The number of fused-ring (bicyclic) bond motifs is 12. The van der Waals surface area contributed by atoms with Gasteiger partial charge in [-0.1, -0.05) is 20.8 Å². The largest absolute Gasteiger partial charge is 0.392 e. The number of benzene rings is 1. The summed E-state index contributed by atoms with van der Waals surface area (Å²) in [6.07, 6.45) is 5.92. The molecule has 0 bridgehead atoms. The molecule has 1 aromatic rings. The Labute approximate surface area is 264 Å². The number of rotatable bonds is 1. The van der Waals surface area contributed by atoms with Gasteiger partial charge in [0.2, 0.25) is 0 Å². The third-order valence-corrected chi connectivity index (χ3v) is 15.5. The second-order valence-corrected chi connectivity index (χ2v) is 18.4. The number of nitrogens with one attached hydrogen (secondary N) is 1. The van der Waals surface area contributed by atoms with Gasteiger partial charge in [-0.25, -0.2) is 0 Å². The summed E-state index contributed by atoms with van der Waals surface area (Å²) in [5.74, 6) is 1.68. The van der Waals surface area contributed by atoms with Crippen LogP contribution in [0.2, 0.25) is 0 Å². The van der Waals surface area contributed by atoms with Crippen molar-refractivity contribution in [3.05, 3.63) is 28.8 Å². The molecular weight excluding hydrogens is 550 g/mol. The molecule has 5 fully saturated rings. The third-order valence-electron chi connectivity index (χ3n) is 15.5. The molecule has 7 aliphatic rings. The zero-order chi connectivity index (χ0) is 31.6. The molecule has 0 radical (unpaired) electrons. The molecule has 3 N–H and O–H groups in total. The van der Waals surface area contributed by atoms with E-state index in [4.69, 9.17) is 9.47 Å². The second kappa shape index (κ2) is 8.70. The van der Waals surface area contributed by atoms with E-state index in [1.54, 1.807) is 0 Å². The lowest BCUT2D eigenvalue weighted by molar-refractivity contribution is -0.287. The summed E-state index contributed by atoms with van der Waals surface area (Å²) in [6, 6.07) is 4.62. The zero-order valence-corrected chi connectivity index (χ0v) is 28.4. The van der Waals surface area contributed by atoms with Crippen LogP contribution in [0.5, 0.6) is 0 Å². The van der Waals surface area contributed by atoms with Crippen molar-refractivity contribution in [2.45, 2.75) is 154 Å². The summed E-state index contributed by atoms with van der Waals surface area (Å²) in [5, 5.41) is 26.8. The first-order valence-corrected chi connectivity index (χ1v) is 17.6. The maximum absolute atomic E-state index is 14.2. The summed E-state index contributed by atoms with van der Waals surface area (Å²) in [5.41, 5.74) is 2.85. The first-order valence-electron chi connectivity index (χ1n) is 17.6. The fraction of sp³-hybridized carbons (Fsp3) is 0.816. The van der Waals surface area contributed by atoms with Crippen LogP contribution in [0.1, 0.15) is 128 Å². The van der Waals surface area contributed by atoms with Crippen molar-refractivity contribution in [1.82, 2.24) is 0 Å². The first kappa shape index (κ1) is 29.9. The second-order valence-electron chi connectivity index (χ2n) is 18.4. The van der Waals surface area contributed by atoms with E-state index >= 15 is 0 Å². The van der Waals surface area contributed by atoms with Crippen LogP contribution >= 0.6 is 0 Å². The van der Waals surface area contributed by atoms with E-state index in [0.29, 0.717) is 30.2 Å². The molecule has 6 nitrogen and oxygen atoms in total. The molecule has 2 saturated heterocycles. The van der Waals surface area contributed by atoms with E-state index in [0.717, 1.165) is 37.7 Å². The lowest BCUT2D eigenvalue weighted by Gasteiger charge is -2.68. The van der Waals surface area contributed by atoms with Crippen LogP contribution in [0.3, 0.4) is 0 Å². The SMILES string of the molecule is CC(C)(O)C1CC(O)C2(C)C(CCC3(C)C2CCC2CC4c5c(ccc6c5CC5C(C6=O)C(C)(C)OC5(C)C)NC4C23C)O1. The molecule has 6 heteroatoms.